The first-order chi connectivity index (χ1) is 6.19. The van der Waals surface area contributed by atoms with Crippen molar-refractivity contribution >= 4 is 15.9 Å². The standard InChI is InChI=1S/C10H13BrO2/c1-3-10(12)8-6-7(13-2)4-5-9(8)11/h4-6,10,12H,3H2,1-2H3. The lowest BCUT2D eigenvalue weighted by atomic mass is 10.1. The highest BCUT2D eigenvalue weighted by molar-refractivity contribution is 9.10. The van der Waals surface area contributed by atoms with Gasteiger partial charge in [-0.15, -0.1) is 0 Å². The van der Waals surface area contributed by atoms with Gasteiger partial charge in [0.05, 0.1) is 13.2 Å². The van der Waals surface area contributed by atoms with Crippen LogP contribution in [0.4, 0.5) is 0 Å². The molecule has 1 N–H and O–H groups in total. The second kappa shape index (κ2) is 4.63. The third-order valence-corrected chi connectivity index (χ3v) is 2.67. The molecule has 0 bridgehead atoms. The molecule has 0 fully saturated rings. The van der Waals surface area contributed by atoms with E-state index in [0.29, 0.717) is 6.42 Å². The smallest absolute Gasteiger partial charge is 0.119 e. The van der Waals surface area contributed by atoms with Crippen LogP contribution < -0.4 is 4.74 Å². The van der Waals surface area contributed by atoms with Crippen LogP contribution in [0.5, 0.6) is 5.75 Å². The van der Waals surface area contributed by atoms with Gasteiger partial charge in [0.15, 0.2) is 0 Å². The van der Waals surface area contributed by atoms with Crippen LogP contribution in [0, 0.1) is 0 Å². The summed E-state index contributed by atoms with van der Waals surface area (Å²) in [5, 5.41) is 9.64. The zero-order chi connectivity index (χ0) is 9.84. The fraction of sp³-hybridized carbons (Fsp3) is 0.400. The predicted molar refractivity (Wildman–Crippen MR) is 55.9 cm³/mol. The number of aliphatic hydroxyl groups is 1. The molecule has 0 aliphatic heterocycles. The van der Waals surface area contributed by atoms with Gasteiger partial charge in [0.2, 0.25) is 0 Å². The molecule has 1 atom stereocenters. The summed E-state index contributed by atoms with van der Waals surface area (Å²) < 4.78 is 5.99. The second-order valence-electron chi connectivity index (χ2n) is 2.81. The van der Waals surface area contributed by atoms with E-state index in [4.69, 9.17) is 4.74 Å². The van der Waals surface area contributed by atoms with E-state index in [2.05, 4.69) is 15.9 Å². The number of ether oxygens (including phenoxy) is 1. The Morgan fingerprint density at radius 2 is 2.23 bits per heavy atom. The van der Waals surface area contributed by atoms with Crippen LogP contribution in [0.15, 0.2) is 22.7 Å². The SMILES string of the molecule is CCC(O)c1cc(OC)ccc1Br. The van der Waals surface area contributed by atoms with E-state index in [1.54, 1.807) is 7.11 Å². The van der Waals surface area contributed by atoms with Crippen LogP contribution in [0.2, 0.25) is 0 Å². The molecular formula is C10H13BrO2. The van der Waals surface area contributed by atoms with Gasteiger partial charge in [-0.05, 0) is 30.2 Å². The summed E-state index contributed by atoms with van der Waals surface area (Å²) in [7, 11) is 1.62. The van der Waals surface area contributed by atoms with Gasteiger partial charge in [0.1, 0.15) is 5.75 Å². The number of halogens is 1. The van der Waals surface area contributed by atoms with Crippen molar-refractivity contribution < 1.29 is 9.84 Å². The minimum absolute atomic E-state index is 0.426. The molecule has 1 unspecified atom stereocenters. The molecule has 13 heavy (non-hydrogen) atoms. The average molecular weight is 245 g/mol. The fourth-order valence-corrected chi connectivity index (χ4v) is 1.63. The van der Waals surface area contributed by atoms with E-state index >= 15 is 0 Å². The topological polar surface area (TPSA) is 29.5 Å². The van der Waals surface area contributed by atoms with Crippen molar-refractivity contribution in [1.82, 2.24) is 0 Å². The Balaban J connectivity index is 3.03. The summed E-state index contributed by atoms with van der Waals surface area (Å²) >= 11 is 3.39. The van der Waals surface area contributed by atoms with Gasteiger partial charge in [0, 0.05) is 4.47 Å². The van der Waals surface area contributed by atoms with Crippen molar-refractivity contribution in [2.45, 2.75) is 19.4 Å². The second-order valence-corrected chi connectivity index (χ2v) is 3.67. The summed E-state index contributed by atoms with van der Waals surface area (Å²) in [6.07, 6.45) is 0.274. The monoisotopic (exact) mass is 244 g/mol. The highest BCUT2D eigenvalue weighted by Gasteiger charge is 2.09. The Morgan fingerprint density at radius 1 is 1.54 bits per heavy atom. The summed E-state index contributed by atoms with van der Waals surface area (Å²) in [6, 6.07) is 5.58. The molecule has 1 rings (SSSR count). The average Bonchev–Trinajstić information content (AvgIpc) is 2.17. The van der Waals surface area contributed by atoms with Crippen molar-refractivity contribution in [1.29, 1.82) is 0 Å². The van der Waals surface area contributed by atoms with Gasteiger partial charge < -0.3 is 9.84 Å². The maximum absolute atomic E-state index is 9.64. The van der Waals surface area contributed by atoms with Gasteiger partial charge >= 0.3 is 0 Å². The van der Waals surface area contributed by atoms with Crippen molar-refractivity contribution in [3.8, 4) is 5.75 Å². The molecule has 0 aliphatic carbocycles. The van der Waals surface area contributed by atoms with Crippen LogP contribution in [0.1, 0.15) is 25.0 Å². The third-order valence-electron chi connectivity index (χ3n) is 1.95. The van der Waals surface area contributed by atoms with Crippen LogP contribution in [0.3, 0.4) is 0 Å². The molecule has 1 aromatic carbocycles. The molecule has 0 aliphatic rings. The minimum atomic E-state index is -0.426. The Morgan fingerprint density at radius 3 is 2.77 bits per heavy atom. The van der Waals surface area contributed by atoms with Crippen molar-refractivity contribution in [2.75, 3.05) is 7.11 Å². The lowest BCUT2D eigenvalue weighted by Crippen LogP contribution is -1.97. The normalized spacial score (nSPS) is 12.6. The molecule has 1 aromatic rings. The molecule has 0 aromatic heterocycles. The molecule has 0 saturated carbocycles. The van der Waals surface area contributed by atoms with Crippen molar-refractivity contribution in [2.24, 2.45) is 0 Å². The lowest BCUT2D eigenvalue weighted by Gasteiger charge is -2.11. The van der Waals surface area contributed by atoms with E-state index in [1.807, 2.05) is 25.1 Å². The summed E-state index contributed by atoms with van der Waals surface area (Å²) in [5.74, 6) is 0.769. The first-order valence-corrected chi connectivity index (χ1v) is 4.99. The Hall–Kier alpha value is -0.540. The molecular weight excluding hydrogens is 232 g/mol. The van der Waals surface area contributed by atoms with E-state index in [-0.39, 0.29) is 0 Å². The first kappa shape index (κ1) is 10.5. The highest BCUT2D eigenvalue weighted by Crippen LogP contribution is 2.28. The van der Waals surface area contributed by atoms with E-state index in [0.717, 1.165) is 15.8 Å². The lowest BCUT2D eigenvalue weighted by molar-refractivity contribution is 0.172. The number of aliphatic hydroxyl groups excluding tert-OH is 1. The van der Waals surface area contributed by atoms with Crippen LogP contribution in [-0.4, -0.2) is 12.2 Å². The quantitative estimate of drug-likeness (QED) is 0.887. The molecule has 72 valence electrons. The van der Waals surface area contributed by atoms with Crippen LogP contribution in [0.25, 0.3) is 0 Å². The zero-order valence-electron chi connectivity index (χ0n) is 7.75. The molecule has 3 heteroatoms. The van der Waals surface area contributed by atoms with Crippen LogP contribution in [-0.2, 0) is 0 Å². The maximum atomic E-state index is 9.64. The van der Waals surface area contributed by atoms with E-state index in [1.165, 1.54) is 0 Å². The fourth-order valence-electron chi connectivity index (χ4n) is 1.12. The maximum Gasteiger partial charge on any atom is 0.119 e. The summed E-state index contributed by atoms with van der Waals surface area (Å²) in [5.41, 5.74) is 0.877. The summed E-state index contributed by atoms with van der Waals surface area (Å²) in [6.45, 7) is 1.94. The van der Waals surface area contributed by atoms with Crippen molar-refractivity contribution in [3.63, 3.8) is 0 Å². The zero-order valence-corrected chi connectivity index (χ0v) is 9.34. The molecule has 0 spiro atoms. The number of rotatable bonds is 3. The van der Waals surface area contributed by atoms with Gasteiger partial charge in [-0.1, -0.05) is 22.9 Å². The van der Waals surface area contributed by atoms with Crippen molar-refractivity contribution in [3.05, 3.63) is 28.2 Å². The largest absolute Gasteiger partial charge is 0.497 e. The van der Waals surface area contributed by atoms with Crippen LogP contribution >= 0.6 is 15.9 Å². The van der Waals surface area contributed by atoms with E-state index in [9.17, 15) is 5.11 Å². The van der Waals surface area contributed by atoms with Gasteiger partial charge in [-0.25, -0.2) is 0 Å². The van der Waals surface area contributed by atoms with Gasteiger partial charge in [-0.2, -0.15) is 0 Å². The third kappa shape index (κ3) is 2.45. The molecule has 0 amide bonds. The first-order valence-electron chi connectivity index (χ1n) is 4.20. The molecule has 0 radical (unpaired) electrons. The van der Waals surface area contributed by atoms with E-state index < -0.39 is 6.10 Å². The Labute approximate surface area is 86.7 Å². The summed E-state index contributed by atoms with van der Waals surface area (Å²) in [4.78, 5) is 0. The van der Waals surface area contributed by atoms with Gasteiger partial charge in [0.25, 0.3) is 0 Å². The molecule has 2 nitrogen and oxygen atoms in total. The molecule has 0 saturated heterocycles. The number of hydrogen-bond acceptors (Lipinski definition) is 2. The number of hydrogen-bond donors (Lipinski definition) is 1. The Kier molecular flexibility index (Phi) is 3.75. The highest BCUT2D eigenvalue weighted by atomic mass is 79.9. The van der Waals surface area contributed by atoms with Gasteiger partial charge in [-0.3, -0.25) is 0 Å². The number of benzene rings is 1. The Bertz CT molecular complexity index is 286. The predicted octanol–water partition coefficient (Wildman–Crippen LogP) is 2.90. The molecule has 0 heterocycles. The minimum Gasteiger partial charge on any atom is -0.497 e. The number of methoxy groups -OCH3 is 1.